The average molecular weight is 239 g/mol. The maximum absolute atomic E-state index is 11.3. The smallest absolute Gasteiger partial charge is 0.418 e. The molecule has 88 valence electrons. The van der Waals surface area contributed by atoms with Gasteiger partial charge in [0.05, 0.1) is 0 Å². The van der Waals surface area contributed by atoms with Gasteiger partial charge in [0.2, 0.25) is 0 Å². The third-order valence-corrected chi connectivity index (χ3v) is 2.45. The summed E-state index contributed by atoms with van der Waals surface area (Å²) in [6, 6.07) is 7.91. The zero-order valence-electron chi connectivity index (χ0n) is 10.0. The molecule has 0 saturated heterocycles. The van der Waals surface area contributed by atoms with E-state index in [2.05, 4.69) is 4.72 Å². The largest absolute Gasteiger partial charge is 0.443 e. The van der Waals surface area contributed by atoms with Gasteiger partial charge in [-0.3, -0.25) is 4.72 Å². The Morgan fingerprint density at radius 2 is 1.81 bits per heavy atom. The van der Waals surface area contributed by atoms with Crippen LogP contribution in [0.2, 0.25) is 0 Å². The lowest BCUT2D eigenvalue weighted by atomic mass is 10.2. The Morgan fingerprint density at radius 1 is 1.25 bits per heavy atom. The lowest BCUT2D eigenvalue weighted by molar-refractivity contribution is 0.0574. The number of benzene rings is 1. The summed E-state index contributed by atoms with van der Waals surface area (Å²) in [6.45, 7) is 7.53. The van der Waals surface area contributed by atoms with Crippen molar-refractivity contribution >= 4 is 18.0 Å². The summed E-state index contributed by atoms with van der Waals surface area (Å²) in [5.74, 6) is 0. The first-order valence-electron chi connectivity index (χ1n) is 5.09. The Labute approximate surface area is 101 Å². The van der Waals surface area contributed by atoms with Gasteiger partial charge < -0.3 is 4.74 Å². The monoisotopic (exact) mass is 239 g/mol. The minimum absolute atomic E-state index is 0.418. The quantitative estimate of drug-likeness (QED) is 0.802. The van der Waals surface area contributed by atoms with Gasteiger partial charge in [0, 0.05) is 4.90 Å². The van der Waals surface area contributed by atoms with Crippen LogP contribution in [-0.4, -0.2) is 11.7 Å². The SMILES string of the molecule is Cc1ccc(SNC(=O)OC(C)(C)C)cc1. The second-order valence-electron chi connectivity index (χ2n) is 4.52. The van der Waals surface area contributed by atoms with Crippen molar-refractivity contribution < 1.29 is 9.53 Å². The molecule has 0 aliphatic rings. The van der Waals surface area contributed by atoms with Crippen LogP contribution in [0.4, 0.5) is 4.79 Å². The third-order valence-electron chi connectivity index (χ3n) is 1.67. The zero-order valence-corrected chi connectivity index (χ0v) is 10.9. The van der Waals surface area contributed by atoms with Crippen LogP contribution >= 0.6 is 11.9 Å². The summed E-state index contributed by atoms with van der Waals surface area (Å²) < 4.78 is 7.74. The first kappa shape index (κ1) is 12.9. The Hall–Kier alpha value is -1.16. The van der Waals surface area contributed by atoms with E-state index >= 15 is 0 Å². The van der Waals surface area contributed by atoms with E-state index < -0.39 is 11.7 Å². The van der Waals surface area contributed by atoms with Crippen LogP contribution in [-0.2, 0) is 4.74 Å². The Bertz CT molecular complexity index is 354. The van der Waals surface area contributed by atoms with Crippen molar-refractivity contribution in [1.82, 2.24) is 4.72 Å². The van der Waals surface area contributed by atoms with Gasteiger partial charge in [0.1, 0.15) is 5.60 Å². The molecule has 0 fully saturated rings. The third kappa shape index (κ3) is 5.07. The predicted molar refractivity (Wildman–Crippen MR) is 66.4 cm³/mol. The molecule has 1 rings (SSSR count). The molecule has 0 atom stereocenters. The van der Waals surface area contributed by atoms with Gasteiger partial charge in [-0.05, 0) is 51.8 Å². The Morgan fingerprint density at radius 3 is 2.31 bits per heavy atom. The first-order chi connectivity index (χ1) is 7.37. The van der Waals surface area contributed by atoms with E-state index in [0.29, 0.717) is 0 Å². The van der Waals surface area contributed by atoms with E-state index in [0.717, 1.165) is 4.90 Å². The molecule has 0 radical (unpaired) electrons. The molecule has 1 amide bonds. The fourth-order valence-electron chi connectivity index (χ4n) is 1.01. The molecule has 0 aromatic heterocycles. The highest BCUT2D eigenvalue weighted by Crippen LogP contribution is 2.16. The number of rotatable bonds is 2. The summed E-state index contributed by atoms with van der Waals surface area (Å²) >= 11 is 1.25. The summed E-state index contributed by atoms with van der Waals surface area (Å²) in [7, 11) is 0. The van der Waals surface area contributed by atoms with Crippen molar-refractivity contribution in [3.8, 4) is 0 Å². The van der Waals surface area contributed by atoms with Crippen molar-refractivity contribution in [3.05, 3.63) is 29.8 Å². The fourth-order valence-corrected chi connectivity index (χ4v) is 1.52. The minimum Gasteiger partial charge on any atom is -0.443 e. The van der Waals surface area contributed by atoms with Gasteiger partial charge in [0.15, 0.2) is 0 Å². The second-order valence-corrected chi connectivity index (χ2v) is 5.40. The molecule has 16 heavy (non-hydrogen) atoms. The van der Waals surface area contributed by atoms with Gasteiger partial charge in [0.25, 0.3) is 0 Å². The highest BCUT2D eigenvalue weighted by molar-refractivity contribution is 7.98. The first-order valence-corrected chi connectivity index (χ1v) is 5.91. The minimum atomic E-state index is -0.460. The molecule has 3 nitrogen and oxygen atoms in total. The fraction of sp³-hybridized carbons (Fsp3) is 0.417. The normalized spacial score (nSPS) is 11.0. The molecule has 1 aromatic carbocycles. The van der Waals surface area contributed by atoms with Crippen LogP contribution in [0.3, 0.4) is 0 Å². The van der Waals surface area contributed by atoms with Crippen LogP contribution in [0, 0.1) is 6.92 Å². The van der Waals surface area contributed by atoms with Crippen LogP contribution in [0.1, 0.15) is 26.3 Å². The van der Waals surface area contributed by atoms with Gasteiger partial charge >= 0.3 is 6.09 Å². The maximum Gasteiger partial charge on any atom is 0.418 e. The number of carbonyl (C=O) groups is 1. The molecule has 1 N–H and O–H groups in total. The standard InChI is InChI=1S/C12H17NO2S/c1-9-5-7-10(8-6-9)16-13-11(14)15-12(2,3)4/h5-8H,1-4H3,(H,13,14). The molecule has 0 unspecified atom stereocenters. The van der Waals surface area contributed by atoms with Crippen LogP contribution in [0.5, 0.6) is 0 Å². The molecule has 1 aromatic rings. The van der Waals surface area contributed by atoms with E-state index in [4.69, 9.17) is 4.74 Å². The molecule has 0 saturated carbocycles. The molecule has 4 heteroatoms. The molecule has 0 heterocycles. The number of nitrogens with one attached hydrogen (secondary N) is 1. The van der Waals surface area contributed by atoms with E-state index in [9.17, 15) is 4.79 Å². The predicted octanol–water partition coefficient (Wildman–Crippen LogP) is 3.53. The Balaban J connectivity index is 2.40. The van der Waals surface area contributed by atoms with E-state index in [1.807, 2.05) is 52.0 Å². The number of ether oxygens (including phenoxy) is 1. The lowest BCUT2D eigenvalue weighted by Gasteiger charge is -2.19. The molecular weight excluding hydrogens is 222 g/mol. The van der Waals surface area contributed by atoms with Crippen LogP contribution in [0.25, 0.3) is 0 Å². The maximum atomic E-state index is 11.3. The molecular formula is C12H17NO2S. The van der Waals surface area contributed by atoms with Gasteiger partial charge in [-0.2, -0.15) is 0 Å². The van der Waals surface area contributed by atoms with E-state index in [-0.39, 0.29) is 0 Å². The number of hydrogen-bond acceptors (Lipinski definition) is 3. The van der Waals surface area contributed by atoms with Gasteiger partial charge in [-0.15, -0.1) is 0 Å². The summed E-state index contributed by atoms with van der Waals surface area (Å²) in [5, 5.41) is 0. The molecule has 0 aliphatic heterocycles. The van der Waals surface area contributed by atoms with E-state index in [1.54, 1.807) is 0 Å². The lowest BCUT2D eigenvalue weighted by Crippen LogP contribution is -2.29. The summed E-state index contributed by atoms with van der Waals surface area (Å²) in [5.41, 5.74) is 0.736. The van der Waals surface area contributed by atoms with Crippen LogP contribution < -0.4 is 4.72 Å². The molecule has 0 bridgehead atoms. The van der Waals surface area contributed by atoms with Crippen molar-refractivity contribution in [2.24, 2.45) is 0 Å². The van der Waals surface area contributed by atoms with Crippen LogP contribution in [0.15, 0.2) is 29.2 Å². The van der Waals surface area contributed by atoms with E-state index in [1.165, 1.54) is 17.5 Å². The highest BCUT2D eigenvalue weighted by atomic mass is 32.2. The number of amides is 1. The van der Waals surface area contributed by atoms with Crippen molar-refractivity contribution in [3.63, 3.8) is 0 Å². The summed E-state index contributed by atoms with van der Waals surface area (Å²) in [4.78, 5) is 12.3. The zero-order chi connectivity index (χ0) is 12.2. The van der Waals surface area contributed by atoms with Crippen molar-refractivity contribution in [2.45, 2.75) is 38.2 Å². The average Bonchev–Trinajstić information content (AvgIpc) is 2.14. The number of aryl methyl sites for hydroxylation is 1. The van der Waals surface area contributed by atoms with Gasteiger partial charge in [-0.25, -0.2) is 4.79 Å². The van der Waals surface area contributed by atoms with Crippen molar-refractivity contribution in [1.29, 1.82) is 0 Å². The Kier molecular flexibility index (Phi) is 4.24. The topological polar surface area (TPSA) is 38.3 Å². The van der Waals surface area contributed by atoms with Gasteiger partial charge in [-0.1, -0.05) is 17.7 Å². The molecule has 0 spiro atoms. The van der Waals surface area contributed by atoms with Crippen molar-refractivity contribution in [2.75, 3.05) is 0 Å². The highest BCUT2D eigenvalue weighted by Gasteiger charge is 2.15. The molecule has 0 aliphatic carbocycles. The number of hydrogen-bond donors (Lipinski definition) is 1. The number of carbonyl (C=O) groups excluding carboxylic acids is 1. The summed E-state index contributed by atoms with van der Waals surface area (Å²) in [6.07, 6.45) is -0.418. The second kappa shape index (κ2) is 5.25.